The maximum Gasteiger partial charge on any atom is 0.427 e. The van der Waals surface area contributed by atoms with Crippen molar-refractivity contribution in [2.45, 2.75) is 19.8 Å². The summed E-state index contributed by atoms with van der Waals surface area (Å²) in [7, 11) is 1.59. The Bertz CT molecular complexity index is 973. The second-order valence-corrected chi connectivity index (χ2v) is 5.34. The van der Waals surface area contributed by atoms with Gasteiger partial charge in [-0.05, 0) is 34.0 Å². The normalized spacial score (nSPS) is 10.9. The highest BCUT2D eigenvalue weighted by Gasteiger charge is 2.22. The quantitative estimate of drug-likeness (QED) is 0.405. The second-order valence-electron chi connectivity index (χ2n) is 5.34. The van der Waals surface area contributed by atoms with Gasteiger partial charge in [-0.1, -0.05) is 13.3 Å². The Morgan fingerprint density at radius 3 is 2.88 bits per heavy atom. The molecule has 0 aliphatic rings. The molecular weight excluding hydrogens is 314 g/mol. The summed E-state index contributed by atoms with van der Waals surface area (Å²) in [5.74, 6) is -0.0452. The second kappa shape index (κ2) is 6.15. The largest absolute Gasteiger partial charge is 0.434 e. The predicted molar refractivity (Wildman–Crippen MR) is 86.4 cm³/mol. The van der Waals surface area contributed by atoms with Gasteiger partial charge in [0, 0.05) is 24.6 Å². The molecule has 3 rings (SSSR count). The van der Waals surface area contributed by atoms with Crippen molar-refractivity contribution in [3.63, 3.8) is 0 Å². The summed E-state index contributed by atoms with van der Waals surface area (Å²) >= 11 is 0. The number of imidazole rings is 1. The Hall–Kier alpha value is -3.16. The summed E-state index contributed by atoms with van der Waals surface area (Å²) in [4.78, 5) is 25.8. The molecule has 0 aliphatic heterocycles. The number of ether oxygens (including phenoxy) is 1. The van der Waals surface area contributed by atoms with Crippen LogP contribution in [0.4, 0.5) is 5.82 Å². The number of aryl methyl sites for hydroxylation is 2. The Kier molecular flexibility index (Phi) is 4.03. The predicted octanol–water partition coefficient (Wildman–Crippen LogP) is 3.18. The molecule has 0 unspecified atom stereocenters. The van der Waals surface area contributed by atoms with E-state index in [4.69, 9.17) is 9.15 Å². The van der Waals surface area contributed by atoms with E-state index in [-0.39, 0.29) is 11.7 Å². The smallest absolute Gasteiger partial charge is 0.427 e. The zero-order chi connectivity index (χ0) is 17.3. The molecule has 0 fully saturated rings. The minimum Gasteiger partial charge on any atom is -0.434 e. The Morgan fingerprint density at radius 2 is 2.17 bits per heavy atom. The van der Waals surface area contributed by atoms with Gasteiger partial charge in [-0.2, -0.15) is 0 Å². The zero-order valence-corrected chi connectivity index (χ0v) is 13.2. The third-order valence-corrected chi connectivity index (χ3v) is 3.57. The number of fused-ring (bicyclic) bond motifs is 1. The zero-order valence-electron chi connectivity index (χ0n) is 13.2. The maximum absolute atomic E-state index is 11.7. The van der Waals surface area contributed by atoms with Crippen LogP contribution in [-0.4, -0.2) is 14.5 Å². The third-order valence-electron chi connectivity index (χ3n) is 3.57. The molecule has 0 saturated heterocycles. The third kappa shape index (κ3) is 2.85. The molecule has 0 bridgehead atoms. The highest BCUT2D eigenvalue weighted by molar-refractivity contribution is 5.81. The van der Waals surface area contributed by atoms with Crippen molar-refractivity contribution in [2.75, 3.05) is 0 Å². The monoisotopic (exact) mass is 329 g/mol. The first-order valence-electron chi connectivity index (χ1n) is 7.40. The highest BCUT2D eigenvalue weighted by atomic mass is 16.6. The van der Waals surface area contributed by atoms with Crippen LogP contribution in [0.15, 0.2) is 39.8 Å². The molecule has 124 valence electrons. The lowest BCUT2D eigenvalue weighted by atomic mass is 10.1. The number of benzene rings is 1. The summed E-state index contributed by atoms with van der Waals surface area (Å²) < 4.78 is 12.2. The molecule has 2 aromatic heterocycles. The van der Waals surface area contributed by atoms with Crippen molar-refractivity contribution in [2.24, 2.45) is 7.05 Å². The van der Waals surface area contributed by atoms with E-state index in [1.165, 1.54) is 17.0 Å². The Morgan fingerprint density at radius 1 is 1.38 bits per heavy atom. The Labute approximate surface area is 136 Å². The standard InChI is InChI=1S/C16H15N3O5/c1-3-4-10-7-14(20)24-13-8-11(5-6-12(10)13)23-16-15(19(21)22)17-9-18(16)2/h5-9H,3-4H2,1-2H3. The molecule has 0 N–H and O–H groups in total. The van der Waals surface area contributed by atoms with Gasteiger partial charge in [-0.3, -0.25) is 4.57 Å². The van der Waals surface area contributed by atoms with Gasteiger partial charge >= 0.3 is 17.3 Å². The lowest BCUT2D eigenvalue weighted by Crippen LogP contribution is -2.01. The van der Waals surface area contributed by atoms with Crippen LogP contribution in [0.25, 0.3) is 11.0 Å². The topological polar surface area (TPSA) is 100 Å². The van der Waals surface area contributed by atoms with Crippen LogP contribution in [0.3, 0.4) is 0 Å². The summed E-state index contributed by atoms with van der Waals surface area (Å²) in [6, 6.07) is 6.49. The van der Waals surface area contributed by atoms with Crippen molar-refractivity contribution in [1.29, 1.82) is 0 Å². The summed E-state index contributed by atoms with van der Waals surface area (Å²) in [5.41, 5.74) is 0.852. The molecular formula is C16H15N3O5. The first-order valence-corrected chi connectivity index (χ1v) is 7.40. The van der Waals surface area contributed by atoms with Crippen molar-refractivity contribution in [1.82, 2.24) is 9.55 Å². The number of rotatable bonds is 5. The van der Waals surface area contributed by atoms with Crippen molar-refractivity contribution in [3.8, 4) is 11.6 Å². The molecule has 0 amide bonds. The van der Waals surface area contributed by atoms with Crippen molar-refractivity contribution >= 4 is 16.8 Å². The van der Waals surface area contributed by atoms with E-state index in [0.29, 0.717) is 11.3 Å². The number of nitrogens with zero attached hydrogens (tertiary/aromatic N) is 3. The number of hydrogen-bond acceptors (Lipinski definition) is 6. The molecule has 2 heterocycles. The average molecular weight is 329 g/mol. The summed E-state index contributed by atoms with van der Waals surface area (Å²) in [6.07, 6.45) is 2.96. The van der Waals surface area contributed by atoms with Gasteiger partial charge in [0.2, 0.25) is 6.33 Å². The van der Waals surface area contributed by atoms with E-state index < -0.39 is 10.5 Å². The van der Waals surface area contributed by atoms with Crippen LogP contribution in [0.5, 0.6) is 11.6 Å². The summed E-state index contributed by atoms with van der Waals surface area (Å²) in [6.45, 7) is 2.03. The van der Waals surface area contributed by atoms with E-state index in [1.54, 1.807) is 25.2 Å². The van der Waals surface area contributed by atoms with Crippen molar-refractivity contribution in [3.05, 3.63) is 56.7 Å². The van der Waals surface area contributed by atoms with Gasteiger partial charge in [-0.25, -0.2) is 4.79 Å². The maximum atomic E-state index is 11.7. The highest BCUT2D eigenvalue weighted by Crippen LogP contribution is 2.31. The molecule has 0 spiro atoms. The van der Waals surface area contributed by atoms with Gasteiger partial charge < -0.3 is 19.3 Å². The van der Waals surface area contributed by atoms with E-state index >= 15 is 0 Å². The fourth-order valence-electron chi connectivity index (χ4n) is 2.51. The van der Waals surface area contributed by atoms with Crippen LogP contribution in [0.2, 0.25) is 0 Å². The average Bonchev–Trinajstić information content (AvgIpc) is 2.88. The van der Waals surface area contributed by atoms with E-state index in [0.717, 1.165) is 23.8 Å². The van der Waals surface area contributed by atoms with Gasteiger partial charge in [-0.15, -0.1) is 0 Å². The van der Waals surface area contributed by atoms with Gasteiger partial charge in [0.1, 0.15) is 11.3 Å². The number of nitro groups is 1. The minimum atomic E-state index is -0.615. The van der Waals surface area contributed by atoms with Crippen LogP contribution < -0.4 is 10.4 Å². The molecule has 0 saturated carbocycles. The summed E-state index contributed by atoms with van der Waals surface area (Å²) in [5, 5.41) is 11.8. The lowest BCUT2D eigenvalue weighted by Gasteiger charge is -2.08. The lowest BCUT2D eigenvalue weighted by molar-refractivity contribution is -0.390. The SMILES string of the molecule is CCCc1cc(=O)oc2cc(Oc3c([N+](=O)[O-])ncn3C)ccc12. The van der Waals surface area contributed by atoms with E-state index in [1.807, 2.05) is 6.92 Å². The van der Waals surface area contributed by atoms with Crippen LogP contribution >= 0.6 is 0 Å². The number of aromatic nitrogens is 2. The van der Waals surface area contributed by atoms with Crippen LogP contribution in [-0.2, 0) is 13.5 Å². The van der Waals surface area contributed by atoms with Crippen LogP contribution in [0, 0.1) is 10.1 Å². The van der Waals surface area contributed by atoms with Gasteiger partial charge in [0.25, 0.3) is 0 Å². The van der Waals surface area contributed by atoms with Gasteiger partial charge in [0.05, 0.1) is 0 Å². The van der Waals surface area contributed by atoms with Crippen LogP contribution in [0.1, 0.15) is 18.9 Å². The minimum absolute atomic E-state index is 0.00593. The fourth-order valence-corrected chi connectivity index (χ4v) is 2.51. The molecule has 24 heavy (non-hydrogen) atoms. The molecule has 0 radical (unpaired) electrons. The molecule has 1 aromatic carbocycles. The first-order chi connectivity index (χ1) is 11.5. The molecule has 8 nitrogen and oxygen atoms in total. The first kappa shape index (κ1) is 15.7. The molecule has 8 heteroatoms. The van der Waals surface area contributed by atoms with E-state index in [2.05, 4.69) is 4.98 Å². The molecule has 0 aliphatic carbocycles. The number of hydrogen-bond donors (Lipinski definition) is 0. The molecule has 0 atom stereocenters. The van der Waals surface area contributed by atoms with Crippen molar-refractivity contribution < 1.29 is 14.1 Å². The Balaban J connectivity index is 2.05. The van der Waals surface area contributed by atoms with Gasteiger partial charge in [0.15, 0.2) is 0 Å². The van der Waals surface area contributed by atoms with E-state index in [9.17, 15) is 14.9 Å². The molecule has 3 aromatic rings. The fraction of sp³-hybridized carbons (Fsp3) is 0.250.